The summed E-state index contributed by atoms with van der Waals surface area (Å²) in [5, 5.41) is 3.58. The first-order chi connectivity index (χ1) is 6.72. The Morgan fingerprint density at radius 1 is 1.43 bits per heavy atom. The largest absolute Gasteiger partial charge is 0.330 e. The molecule has 1 rings (SSSR count). The molecule has 0 saturated heterocycles. The summed E-state index contributed by atoms with van der Waals surface area (Å²) in [6.07, 6.45) is 6.77. The van der Waals surface area contributed by atoms with Gasteiger partial charge in [-0.2, -0.15) is 0 Å². The Hall–Kier alpha value is -0.0800. The number of nitrogens with two attached hydrogens (primary N) is 1. The molecule has 2 nitrogen and oxygen atoms in total. The van der Waals surface area contributed by atoms with Gasteiger partial charge in [0.2, 0.25) is 0 Å². The maximum absolute atomic E-state index is 5.57. The average molecular weight is 198 g/mol. The Morgan fingerprint density at radius 3 is 2.64 bits per heavy atom. The minimum Gasteiger partial charge on any atom is -0.330 e. The molecule has 0 bridgehead atoms. The smallest absolute Gasteiger partial charge is 0.000771 e. The van der Waals surface area contributed by atoms with Crippen molar-refractivity contribution in [2.45, 2.75) is 46.0 Å². The van der Waals surface area contributed by atoms with Crippen molar-refractivity contribution in [2.75, 3.05) is 19.6 Å². The van der Waals surface area contributed by atoms with Gasteiger partial charge in [-0.15, -0.1) is 0 Å². The van der Waals surface area contributed by atoms with Crippen molar-refractivity contribution >= 4 is 0 Å². The van der Waals surface area contributed by atoms with Crippen molar-refractivity contribution in [3.63, 3.8) is 0 Å². The molecule has 0 spiro atoms. The Kier molecular flexibility index (Phi) is 4.90. The lowest BCUT2D eigenvalue weighted by Crippen LogP contribution is -2.25. The van der Waals surface area contributed by atoms with E-state index in [0.717, 1.165) is 6.54 Å². The molecule has 1 aliphatic rings. The van der Waals surface area contributed by atoms with E-state index in [1.54, 1.807) is 0 Å². The molecule has 14 heavy (non-hydrogen) atoms. The van der Waals surface area contributed by atoms with E-state index in [0.29, 0.717) is 11.3 Å². The molecule has 1 aliphatic carbocycles. The van der Waals surface area contributed by atoms with E-state index < -0.39 is 0 Å². The molecule has 1 saturated carbocycles. The highest BCUT2D eigenvalue weighted by Gasteiger charge is 2.39. The van der Waals surface area contributed by atoms with Gasteiger partial charge in [0.25, 0.3) is 0 Å². The third-order valence-corrected chi connectivity index (χ3v) is 3.66. The van der Waals surface area contributed by atoms with E-state index >= 15 is 0 Å². The van der Waals surface area contributed by atoms with Crippen molar-refractivity contribution in [3.8, 4) is 0 Å². The minimum atomic E-state index is 0.692. The normalized spacial score (nSPS) is 20.8. The van der Waals surface area contributed by atoms with Crippen LogP contribution >= 0.6 is 0 Å². The predicted molar refractivity (Wildman–Crippen MR) is 62.3 cm³/mol. The van der Waals surface area contributed by atoms with E-state index in [9.17, 15) is 0 Å². The maximum Gasteiger partial charge on any atom is 0.000771 e. The highest BCUT2D eigenvalue weighted by Crippen LogP contribution is 2.47. The third kappa shape index (κ3) is 3.97. The zero-order valence-corrected chi connectivity index (χ0v) is 9.81. The summed E-state index contributed by atoms with van der Waals surface area (Å²) < 4.78 is 0. The SMILES string of the molecule is CCC1(CNCCCC(C)CN)CC1. The van der Waals surface area contributed by atoms with Gasteiger partial charge < -0.3 is 11.1 Å². The van der Waals surface area contributed by atoms with Gasteiger partial charge in [-0.1, -0.05) is 13.8 Å². The molecule has 1 atom stereocenters. The Balaban J connectivity index is 1.90. The molecule has 3 N–H and O–H groups in total. The van der Waals surface area contributed by atoms with Crippen molar-refractivity contribution in [2.24, 2.45) is 17.1 Å². The fourth-order valence-electron chi connectivity index (χ4n) is 1.88. The number of rotatable bonds is 8. The fourth-order valence-corrected chi connectivity index (χ4v) is 1.88. The summed E-state index contributed by atoms with van der Waals surface area (Å²) in [4.78, 5) is 0. The summed E-state index contributed by atoms with van der Waals surface area (Å²) in [6, 6.07) is 0. The van der Waals surface area contributed by atoms with Gasteiger partial charge in [-0.25, -0.2) is 0 Å². The first-order valence-corrected chi connectivity index (χ1v) is 6.13. The van der Waals surface area contributed by atoms with Crippen molar-refractivity contribution in [1.82, 2.24) is 5.32 Å². The molecule has 0 aromatic rings. The van der Waals surface area contributed by atoms with Crippen LogP contribution in [-0.2, 0) is 0 Å². The van der Waals surface area contributed by atoms with Gasteiger partial charge in [0.15, 0.2) is 0 Å². The van der Waals surface area contributed by atoms with Crippen molar-refractivity contribution < 1.29 is 0 Å². The molecule has 1 unspecified atom stereocenters. The zero-order valence-electron chi connectivity index (χ0n) is 9.81. The molecular weight excluding hydrogens is 172 g/mol. The summed E-state index contributed by atoms with van der Waals surface area (Å²) in [5.41, 5.74) is 6.26. The second-order valence-corrected chi connectivity index (χ2v) is 5.01. The topological polar surface area (TPSA) is 38.0 Å². The second-order valence-electron chi connectivity index (χ2n) is 5.01. The lowest BCUT2D eigenvalue weighted by Gasteiger charge is -2.14. The molecule has 0 radical (unpaired) electrons. The molecular formula is C12H26N2. The molecule has 84 valence electrons. The van der Waals surface area contributed by atoms with Gasteiger partial charge in [0.1, 0.15) is 0 Å². The minimum absolute atomic E-state index is 0.692. The quantitative estimate of drug-likeness (QED) is 0.586. The Bertz CT molecular complexity index is 152. The predicted octanol–water partition coefficient (Wildman–Crippen LogP) is 2.14. The Labute approximate surface area is 88.6 Å². The van der Waals surface area contributed by atoms with E-state index in [2.05, 4.69) is 19.2 Å². The van der Waals surface area contributed by atoms with Crippen LogP contribution in [0.2, 0.25) is 0 Å². The molecule has 0 aromatic heterocycles. The monoisotopic (exact) mass is 198 g/mol. The van der Waals surface area contributed by atoms with Gasteiger partial charge in [-0.3, -0.25) is 0 Å². The van der Waals surface area contributed by atoms with Crippen molar-refractivity contribution in [1.29, 1.82) is 0 Å². The summed E-state index contributed by atoms with van der Waals surface area (Å²) >= 11 is 0. The number of hydrogen-bond acceptors (Lipinski definition) is 2. The molecule has 0 aromatic carbocycles. The van der Waals surface area contributed by atoms with Crippen LogP contribution in [0, 0.1) is 11.3 Å². The van der Waals surface area contributed by atoms with Crippen LogP contribution in [0.1, 0.15) is 46.0 Å². The lowest BCUT2D eigenvalue weighted by molar-refractivity contribution is 0.428. The van der Waals surface area contributed by atoms with Gasteiger partial charge in [-0.05, 0) is 56.5 Å². The van der Waals surface area contributed by atoms with Crippen molar-refractivity contribution in [3.05, 3.63) is 0 Å². The summed E-state index contributed by atoms with van der Waals surface area (Å²) in [5.74, 6) is 0.692. The van der Waals surface area contributed by atoms with E-state index in [4.69, 9.17) is 5.73 Å². The van der Waals surface area contributed by atoms with Crippen LogP contribution in [0.4, 0.5) is 0 Å². The van der Waals surface area contributed by atoms with Gasteiger partial charge in [0.05, 0.1) is 0 Å². The van der Waals surface area contributed by atoms with Gasteiger partial charge in [0, 0.05) is 6.54 Å². The molecule has 0 aliphatic heterocycles. The lowest BCUT2D eigenvalue weighted by atomic mass is 10.0. The van der Waals surface area contributed by atoms with E-state index in [-0.39, 0.29) is 0 Å². The average Bonchev–Trinajstić information content (AvgIpc) is 2.98. The van der Waals surface area contributed by atoms with Crippen LogP contribution < -0.4 is 11.1 Å². The fraction of sp³-hybridized carbons (Fsp3) is 1.00. The zero-order chi connectivity index (χ0) is 10.4. The third-order valence-electron chi connectivity index (χ3n) is 3.66. The first kappa shape index (κ1) is 12.0. The highest BCUT2D eigenvalue weighted by molar-refractivity contribution is 4.93. The Morgan fingerprint density at radius 2 is 2.14 bits per heavy atom. The molecule has 1 fully saturated rings. The van der Waals surface area contributed by atoms with Crippen LogP contribution in [0.3, 0.4) is 0 Å². The summed E-state index contributed by atoms with van der Waals surface area (Å²) in [6.45, 7) is 7.78. The van der Waals surface area contributed by atoms with E-state index in [1.807, 2.05) is 0 Å². The highest BCUT2D eigenvalue weighted by atomic mass is 14.9. The first-order valence-electron chi connectivity index (χ1n) is 6.13. The van der Waals surface area contributed by atoms with Crippen LogP contribution in [0.25, 0.3) is 0 Å². The van der Waals surface area contributed by atoms with Gasteiger partial charge >= 0.3 is 0 Å². The van der Waals surface area contributed by atoms with Crippen LogP contribution in [0.15, 0.2) is 0 Å². The maximum atomic E-state index is 5.57. The second kappa shape index (κ2) is 5.72. The summed E-state index contributed by atoms with van der Waals surface area (Å²) in [7, 11) is 0. The molecule has 0 amide bonds. The standard InChI is InChI=1S/C12H26N2/c1-3-12(6-7-12)10-14-8-4-5-11(2)9-13/h11,14H,3-10,13H2,1-2H3. The number of nitrogens with one attached hydrogen (secondary N) is 1. The van der Waals surface area contributed by atoms with Crippen LogP contribution in [-0.4, -0.2) is 19.6 Å². The van der Waals surface area contributed by atoms with E-state index in [1.165, 1.54) is 45.2 Å². The molecule has 0 heterocycles. The van der Waals surface area contributed by atoms with Crippen LogP contribution in [0.5, 0.6) is 0 Å². The number of hydrogen-bond donors (Lipinski definition) is 2. The molecule has 2 heteroatoms.